The summed E-state index contributed by atoms with van der Waals surface area (Å²) >= 11 is 0. The van der Waals surface area contributed by atoms with Crippen molar-refractivity contribution in [1.82, 2.24) is 19.1 Å². The highest BCUT2D eigenvalue weighted by Gasteiger charge is 2.26. The van der Waals surface area contributed by atoms with E-state index in [4.69, 9.17) is 9.97 Å². The van der Waals surface area contributed by atoms with E-state index in [0.29, 0.717) is 11.4 Å². The second-order valence-electron chi connectivity index (χ2n) is 18.0. The molecule has 9 aromatic rings. The van der Waals surface area contributed by atoms with Crippen LogP contribution in [-0.2, 0) is 0 Å². The van der Waals surface area contributed by atoms with E-state index in [1.54, 1.807) is 6.07 Å². The summed E-state index contributed by atoms with van der Waals surface area (Å²) in [5.41, 5.74) is 17.6. The summed E-state index contributed by atoms with van der Waals surface area (Å²) in [6, 6.07) is 55.4. The summed E-state index contributed by atoms with van der Waals surface area (Å²) in [6.45, 7) is 18.2. The van der Waals surface area contributed by atoms with Gasteiger partial charge < -0.3 is 5.11 Å². The Labute approximate surface area is 372 Å². The molecule has 9 rings (SSSR count). The lowest BCUT2D eigenvalue weighted by molar-refractivity contribution is 0.477. The molecule has 63 heavy (non-hydrogen) atoms. The largest absolute Gasteiger partial charge is 0.507 e. The number of para-hydroxylation sites is 3. The van der Waals surface area contributed by atoms with E-state index in [1.807, 2.05) is 18.2 Å². The van der Waals surface area contributed by atoms with Crippen molar-refractivity contribution >= 4 is 11.0 Å². The van der Waals surface area contributed by atoms with Gasteiger partial charge in [0.25, 0.3) is 0 Å². The highest BCUT2D eigenvalue weighted by atomic mass is 16.3. The van der Waals surface area contributed by atoms with Gasteiger partial charge in [-0.05, 0) is 123 Å². The molecule has 7 aromatic carbocycles. The van der Waals surface area contributed by atoms with E-state index in [1.165, 1.54) is 50.2 Å². The van der Waals surface area contributed by atoms with Crippen LogP contribution >= 0.6 is 0 Å². The number of rotatable bonds is 11. The maximum atomic E-state index is 11.4. The number of nitrogens with zero attached hydrogens (tertiary/aromatic N) is 4. The van der Waals surface area contributed by atoms with Crippen molar-refractivity contribution in [3.63, 3.8) is 0 Å². The Balaban J connectivity index is 1.26. The Hall–Kier alpha value is -6.98. The topological polar surface area (TPSA) is 55.9 Å². The summed E-state index contributed by atoms with van der Waals surface area (Å²) in [7, 11) is 0. The number of hydrogen-bond donors (Lipinski definition) is 1. The molecule has 0 aliphatic carbocycles. The number of aromatic hydroxyl groups is 1. The standard InChI is InChI=1S/C58H56N4O/c1-36(2)47-31-44(40-20-11-9-12-21-40)32-48(37(3)4)55(47)61-35-52(60-58(61)46-26-15-18-29-54(46)63)42-24-19-25-43(30-42)57-59-51-27-16-17-28-53(51)62(57)56-49(38(5)6)33-45(34-50(56)39(7)8)41-22-13-10-14-23-41/h9-39,63H,1-8H3. The van der Waals surface area contributed by atoms with Crippen molar-refractivity contribution in [2.75, 3.05) is 0 Å². The van der Waals surface area contributed by atoms with Crippen LogP contribution in [0.3, 0.4) is 0 Å². The first-order chi connectivity index (χ1) is 30.5. The van der Waals surface area contributed by atoms with Gasteiger partial charge in [-0.15, -0.1) is 0 Å². The van der Waals surface area contributed by atoms with Gasteiger partial charge in [-0.25, -0.2) is 9.97 Å². The first-order valence-corrected chi connectivity index (χ1v) is 22.4. The Kier molecular flexibility index (Phi) is 11.2. The van der Waals surface area contributed by atoms with Crippen molar-refractivity contribution in [2.45, 2.75) is 79.1 Å². The first kappa shape index (κ1) is 41.4. The molecule has 2 aromatic heterocycles. The van der Waals surface area contributed by atoms with Crippen molar-refractivity contribution in [1.29, 1.82) is 0 Å². The maximum absolute atomic E-state index is 11.4. The average Bonchev–Trinajstić information content (AvgIpc) is 3.91. The molecule has 1 N–H and O–H groups in total. The SMILES string of the molecule is CC(C)c1cc(-c2ccccc2)cc(C(C)C)c1-n1cc(-c2cccc(-c3nc4ccccc4n3-c3c(C(C)C)cc(-c4ccccc4)cc3C(C)C)c2)nc1-c1ccccc1O. The molecular formula is C58H56N4O. The third kappa shape index (κ3) is 7.78. The van der Waals surface area contributed by atoms with Gasteiger partial charge in [0.05, 0.1) is 33.7 Å². The van der Waals surface area contributed by atoms with Crippen LogP contribution in [-0.4, -0.2) is 24.2 Å². The van der Waals surface area contributed by atoms with E-state index >= 15 is 0 Å². The smallest absolute Gasteiger partial charge is 0.148 e. The summed E-state index contributed by atoms with van der Waals surface area (Å²) in [4.78, 5) is 10.8. The highest BCUT2D eigenvalue weighted by Crippen LogP contribution is 2.43. The Morgan fingerprint density at radius 1 is 0.413 bits per heavy atom. The fourth-order valence-corrected chi connectivity index (χ4v) is 9.06. The van der Waals surface area contributed by atoms with Crippen molar-refractivity contribution < 1.29 is 5.11 Å². The van der Waals surface area contributed by atoms with Crippen LogP contribution in [0.2, 0.25) is 0 Å². The van der Waals surface area contributed by atoms with Crippen LogP contribution in [0, 0.1) is 0 Å². The molecule has 5 heteroatoms. The number of fused-ring (bicyclic) bond motifs is 1. The van der Waals surface area contributed by atoms with Gasteiger partial charge in [0.2, 0.25) is 0 Å². The Bertz CT molecular complexity index is 3020. The number of phenols is 1. The van der Waals surface area contributed by atoms with Crippen LogP contribution in [0.15, 0.2) is 164 Å². The van der Waals surface area contributed by atoms with Gasteiger partial charge in [0.15, 0.2) is 0 Å². The molecule has 0 saturated heterocycles. The third-order valence-electron chi connectivity index (χ3n) is 12.3. The molecule has 0 fully saturated rings. The fraction of sp³-hybridized carbons (Fsp3) is 0.207. The lowest BCUT2D eigenvalue weighted by Crippen LogP contribution is -2.09. The highest BCUT2D eigenvalue weighted by molar-refractivity contribution is 5.86. The molecule has 314 valence electrons. The fourth-order valence-electron chi connectivity index (χ4n) is 9.06. The van der Waals surface area contributed by atoms with Gasteiger partial charge in [0.1, 0.15) is 17.4 Å². The zero-order valence-corrected chi connectivity index (χ0v) is 37.6. The van der Waals surface area contributed by atoms with Gasteiger partial charge in [-0.2, -0.15) is 0 Å². The summed E-state index contributed by atoms with van der Waals surface area (Å²) in [5, 5.41) is 11.4. The zero-order valence-electron chi connectivity index (χ0n) is 37.6. The number of benzene rings is 7. The minimum atomic E-state index is 0.191. The van der Waals surface area contributed by atoms with E-state index in [9.17, 15) is 5.11 Å². The normalized spacial score (nSPS) is 11.8. The lowest BCUT2D eigenvalue weighted by atomic mass is 9.88. The van der Waals surface area contributed by atoms with Crippen LogP contribution < -0.4 is 0 Å². The zero-order chi connectivity index (χ0) is 43.9. The first-order valence-electron chi connectivity index (χ1n) is 22.4. The average molecular weight is 825 g/mol. The molecule has 5 nitrogen and oxygen atoms in total. The van der Waals surface area contributed by atoms with Gasteiger partial charge >= 0.3 is 0 Å². The molecule has 0 unspecified atom stereocenters. The predicted octanol–water partition coefficient (Wildman–Crippen LogP) is 15.7. The van der Waals surface area contributed by atoms with Crippen molar-refractivity contribution in [3.8, 4) is 73.4 Å². The number of hydrogen-bond acceptors (Lipinski definition) is 3. The van der Waals surface area contributed by atoms with E-state index in [2.05, 4.69) is 204 Å². The second kappa shape index (κ2) is 17.1. The van der Waals surface area contributed by atoms with E-state index in [-0.39, 0.29) is 29.4 Å². The Morgan fingerprint density at radius 3 is 1.44 bits per heavy atom. The molecule has 0 spiro atoms. The van der Waals surface area contributed by atoms with E-state index < -0.39 is 0 Å². The molecule has 2 heterocycles. The molecule has 0 saturated carbocycles. The molecule has 0 aliphatic rings. The molecule has 0 bridgehead atoms. The third-order valence-corrected chi connectivity index (χ3v) is 12.3. The monoisotopic (exact) mass is 824 g/mol. The van der Waals surface area contributed by atoms with Crippen molar-refractivity contribution in [2.24, 2.45) is 0 Å². The maximum Gasteiger partial charge on any atom is 0.148 e. The van der Waals surface area contributed by atoms with Crippen LogP contribution in [0.1, 0.15) is 101 Å². The summed E-state index contributed by atoms with van der Waals surface area (Å²) in [6.07, 6.45) is 2.16. The van der Waals surface area contributed by atoms with Crippen molar-refractivity contribution in [3.05, 3.63) is 186 Å². The molecule has 0 radical (unpaired) electrons. The van der Waals surface area contributed by atoms with Gasteiger partial charge in [-0.1, -0.05) is 159 Å². The quantitative estimate of drug-likeness (QED) is 0.141. The van der Waals surface area contributed by atoms with Gasteiger partial charge in [-0.3, -0.25) is 9.13 Å². The summed E-state index contributed by atoms with van der Waals surface area (Å²) in [5.74, 6) is 2.71. The van der Waals surface area contributed by atoms with E-state index in [0.717, 1.165) is 39.4 Å². The van der Waals surface area contributed by atoms with Crippen LogP contribution in [0.5, 0.6) is 5.75 Å². The van der Waals surface area contributed by atoms with Gasteiger partial charge in [0, 0.05) is 17.3 Å². The molecular weight excluding hydrogens is 769 g/mol. The van der Waals surface area contributed by atoms with Crippen LogP contribution in [0.4, 0.5) is 0 Å². The minimum Gasteiger partial charge on any atom is -0.507 e. The minimum absolute atomic E-state index is 0.191. The number of phenolic OH excluding ortho intramolecular Hbond substituents is 1. The number of aromatic nitrogens is 4. The molecule has 0 amide bonds. The predicted molar refractivity (Wildman–Crippen MR) is 263 cm³/mol. The lowest BCUT2D eigenvalue weighted by Gasteiger charge is -2.24. The second-order valence-corrected chi connectivity index (χ2v) is 18.0. The molecule has 0 atom stereocenters. The Morgan fingerprint density at radius 2 is 0.889 bits per heavy atom. The molecule has 0 aliphatic heterocycles. The summed E-state index contributed by atoms with van der Waals surface area (Å²) < 4.78 is 4.63. The number of imidazole rings is 2. The van der Waals surface area contributed by atoms with Crippen LogP contribution in [0.25, 0.3) is 78.7 Å².